The van der Waals surface area contributed by atoms with Crippen molar-refractivity contribution < 1.29 is 21.9 Å². The lowest BCUT2D eigenvalue weighted by Gasteiger charge is -2.36. The summed E-state index contributed by atoms with van der Waals surface area (Å²) in [5, 5.41) is 0. The fraction of sp³-hybridized carbons (Fsp3) is 0.407. The van der Waals surface area contributed by atoms with Crippen molar-refractivity contribution >= 4 is 15.7 Å². The molecule has 5 rings (SSSR count). The topological polar surface area (TPSA) is 75.6 Å². The Morgan fingerprint density at radius 2 is 1.92 bits per heavy atom. The number of halogens is 2. The highest BCUT2D eigenvalue weighted by Crippen LogP contribution is 2.39. The van der Waals surface area contributed by atoms with E-state index in [4.69, 9.17) is 4.74 Å². The maximum atomic E-state index is 15.0. The van der Waals surface area contributed by atoms with Gasteiger partial charge in [0.25, 0.3) is 0 Å². The molecule has 1 atom stereocenters. The summed E-state index contributed by atoms with van der Waals surface area (Å²) in [6, 6.07) is 9.08. The van der Waals surface area contributed by atoms with Crippen LogP contribution in [0.2, 0.25) is 0 Å². The van der Waals surface area contributed by atoms with E-state index in [2.05, 4.69) is 28.7 Å². The summed E-state index contributed by atoms with van der Waals surface area (Å²) in [6.07, 6.45) is 4.19. The van der Waals surface area contributed by atoms with Gasteiger partial charge in [0.2, 0.25) is 10.0 Å². The van der Waals surface area contributed by atoms with Crippen LogP contribution in [0.4, 0.5) is 14.5 Å². The van der Waals surface area contributed by atoms with Crippen LogP contribution in [0.15, 0.2) is 36.5 Å². The van der Waals surface area contributed by atoms with Crippen LogP contribution in [0, 0.1) is 11.6 Å². The molecule has 3 aromatic rings. The number of hydrogen-bond donors (Lipinski definition) is 0. The summed E-state index contributed by atoms with van der Waals surface area (Å²) in [7, 11) is -3.28. The van der Waals surface area contributed by atoms with E-state index >= 15 is 4.39 Å². The maximum absolute atomic E-state index is 15.0. The van der Waals surface area contributed by atoms with Crippen molar-refractivity contribution in [2.24, 2.45) is 0 Å². The van der Waals surface area contributed by atoms with E-state index in [-0.39, 0.29) is 17.5 Å². The van der Waals surface area contributed by atoms with Crippen LogP contribution < -0.4 is 9.64 Å². The van der Waals surface area contributed by atoms with Crippen LogP contribution in [0.25, 0.3) is 11.3 Å². The summed E-state index contributed by atoms with van der Waals surface area (Å²) in [4.78, 5) is 10.7. The number of nitrogens with zero attached hydrogens (tertiary/aromatic N) is 4. The first-order valence-corrected chi connectivity index (χ1v) is 14.3. The monoisotopic (exact) mass is 528 g/mol. The van der Waals surface area contributed by atoms with E-state index in [1.165, 1.54) is 16.6 Å². The van der Waals surface area contributed by atoms with E-state index in [0.29, 0.717) is 56.2 Å². The van der Waals surface area contributed by atoms with Crippen LogP contribution in [-0.4, -0.2) is 54.7 Å². The Kier molecular flexibility index (Phi) is 6.89. The van der Waals surface area contributed by atoms with Gasteiger partial charge in [0, 0.05) is 31.1 Å². The number of fused-ring (bicyclic) bond motifs is 2. The molecule has 2 aliphatic rings. The van der Waals surface area contributed by atoms with Crippen molar-refractivity contribution in [1.29, 1.82) is 0 Å². The molecule has 0 radical (unpaired) electrons. The summed E-state index contributed by atoms with van der Waals surface area (Å²) >= 11 is 0. The molecular weight excluding hydrogens is 498 g/mol. The van der Waals surface area contributed by atoms with Gasteiger partial charge < -0.3 is 9.64 Å². The number of rotatable bonds is 6. The Morgan fingerprint density at radius 1 is 1.11 bits per heavy atom. The zero-order valence-electron chi connectivity index (χ0n) is 21.2. The molecular formula is C27H30F2N4O3S. The highest BCUT2D eigenvalue weighted by Gasteiger charge is 2.27. The largest absolute Gasteiger partial charge is 0.486 e. The standard InChI is InChI=1S/C27H30F2N4O3S/c1-4-17(2)33-9-10-36-27-22(28)13-20(14-24(27)33)26-23(29)15-30-25(31-26)12-18-5-6-19-7-8-32(37(3,34)35)16-21(19)11-18/h5-6,11,13-15,17H,4,7-10,12,16H2,1-3H3. The lowest BCUT2D eigenvalue weighted by molar-refractivity contribution is 0.285. The molecule has 0 N–H and O–H groups in total. The van der Waals surface area contributed by atoms with Gasteiger partial charge in [0.15, 0.2) is 17.4 Å². The minimum atomic E-state index is -3.28. The second-order valence-corrected chi connectivity index (χ2v) is 11.7. The summed E-state index contributed by atoms with van der Waals surface area (Å²) in [6.45, 7) is 5.93. The third kappa shape index (κ3) is 5.17. The van der Waals surface area contributed by atoms with E-state index in [1.54, 1.807) is 6.07 Å². The van der Waals surface area contributed by atoms with Crippen LogP contribution in [0.1, 0.15) is 42.8 Å². The average Bonchev–Trinajstić information content (AvgIpc) is 2.88. The lowest BCUT2D eigenvalue weighted by Crippen LogP contribution is -2.39. The van der Waals surface area contributed by atoms with E-state index in [1.807, 2.05) is 18.2 Å². The Balaban J connectivity index is 1.46. The summed E-state index contributed by atoms with van der Waals surface area (Å²) in [5.74, 6) is -0.614. The Labute approximate surface area is 216 Å². The molecule has 2 aliphatic heterocycles. The third-order valence-corrected chi connectivity index (χ3v) is 8.43. The summed E-state index contributed by atoms with van der Waals surface area (Å²) in [5.41, 5.74) is 3.90. The molecule has 7 nitrogen and oxygen atoms in total. The van der Waals surface area contributed by atoms with Crippen molar-refractivity contribution in [2.75, 3.05) is 30.9 Å². The molecule has 0 saturated heterocycles. The fourth-order valence-electron chi connectivity index (χ4n) is 4.97. The molecule has 10 heteroatoms. The highest BCUT2D eigenvalue weighted by atomic mass is 32.2. The number of sulfonamides is 1. The highest BCUT2D eigenvalue weighted by molar-refractivity contribution is 7.88. The van der Waals surface area contributed by atoms with Gasteiger partial charge in [-0.25, -0.2) is 27.2 Å². The number of hydrogen-bond acceptors (Lipinski definition) is 6. The number of anilines is 1. The minimum absolute atomic E-state index is 0.0302. The quantitative estimate of drug-likeness (QED) is 0.474. The van der Waals surface area contributed by atoms with Gasteiger partial charge in [-0.2, -0.15) is 4.31 Å². The van der Waals surface area contributed by atoms with Crippen LogP contribution in [0.5, 0.6) is 5.75 Å². The van der Waals surface area contributed by atoms with Crippen molar-refractivity contribution in [3.63, 3.8) is 0 Å². The average molecular weight is 529 g/mol. The van der Waals surface area contributed by atoms with Gasteiger partial charge in [0.1, 0.15) is 18.1 Å². The third-order valence-electron chi connectivity index (χ3n) is 7.18. The summed E-state index contributed by atoms with van der Waals surface area (Å²) < 4.78 is 61.0. The molecule has 0 fully saturated rings. The van der Waals surface area contributed by atoms with Crippen molar-refractivity contribution in [1.82, 2.24) is 14.3 Å². The Hall–Kier alpha value is -3.11. The zero-order chi connectivity index (χ0) is 26.3. The molecule has 0 bridgehead atoms. The molecule has 37 heavy (non-hydrogen) atoms. The van der Waals surface area contributed by atoms with E-state index in [0.717, 1.165) is 29.3 Å². The van der Waals surface area contributed by atoms with Crippen LogP contribution in [-0.2, 0) is 29.4 Å². The van der Waals surface area contributed by atoms with Crippen molar-refractivity contribution in [3.05, 3.63) is 70.7 Å². The molecule has 1 unspecified atom stereocenters. The predicted octanol–water partition coefficient (Wildman–Crippen LogP) is 4.33. The fourth-order valence-corrected chi connectivity index (χ4v) is 5.76. The van der Waals surface area contributed by atoms with Gasteiger partial charge in [-0.1, -0.05) is 25.1 Å². The predicted molar refractivity (Wildman–Crippen MR) is 138 cm³/mol. The molecule has 0 aliphatic carbocycles. The SMILES string of the molecule is CCC(C)N1CCOc2c(F)cc(-c3nc(Cc4ccc5c(c4)CN(S(C)(=O)=O)CC5)ncc3F)cc21. The first kappa shape index (κ1) is 25.5. The first-order chi connectivity index (χ1) is 17.6. The Bertz CT molecular complexity index is 1450. The molecule has 2 aromatic carbocycles. The molecule has 196 valence electrons. The van der Waals surface area contributed by atoms with Crippen molar-refractivity contribution in [2.45, 2.75) is 45.7 Å². The second kappa shape index (κ2) is 9.98. The number of aromatic nitrogens is 2. The molecule has 0 amide bonds. The van der Waals surface area contributed by atoms with Gasteiger partial charge in [-0.3, -0.25) is 0 Å². The van der Waals surface area contributed by atoms with Crippen molar-refractivity contribution in [3.8, 4) is 17.0 Å². The van der Waals surface area contributed by atoms with Crippen LogP contribution in [0.3, 0.4) is 0 Å². The van der Waals surface area contributed by atoms with Gasteiger partial charge in [-0.15, -0.1) is 0 Å². The molecule has 1 aromatic heterocycles. The zero-order valence-corrected chi connectivity index (χ0v) is 22.0. The maximum Gasteiger partial charge on any atom is 0.211 e. The van der Waals surface area contributed by atoms with Gasteiger partial charge >= 0.3 is 0 Å². The number of benzene rings is 2. The molecule has 0 saturated carbocycles. The second-order valence-electron chi connectivity index (χ2n) is 9.71. The van der Waals surface area contributed by atoms with Gasteiger partial charge in [0.05, 0.1) is 24.7 Å². The Morgan fingerprint density at radius 3 is 2.68 bits per heavy atom. The van der Waals surface area contributed by atoms with E-state index in [9.17, 15) is 12.8 Å². The smallest absolute Gasteiger partial charge is 0.211 e. The first-order valence-electron chi connectivity index (χ1n) is 12.4. The molecule has 0 spiro atoms. The number of ether oxygens (including phenoxy) is 1. The molecule has 3 heterocycles. The van der Waals surface area contributed by atoms with Gasteiger partial charge in [-0.05, 0) is 48.6 Å². The normalized spacial score (nSPS) is 16.6. The lowest BCUT2D eigenvalue weighted by atomic mass is 9.97. The minimum Gasteiger partial charge on any atom is -0.486 e. The van der Waals surface area contributed by atoms with E-state index < -0.39 is 21.7 Å². The van der Waals surface area contributed by atoms with Crippen LogP contribution >= 0.6 is 0 Å².